The molecular weight excluding hydrogens is 172 g/mol. The molecule has 1 aromatic heterocycles. The van der Waals surface area contributed by atoms with Crippen LogP contribution in [0.25, 0.3) is 0 Å². The third-order valence-electron chi connectivity index (χ3n) is 2.62. The van der Waals surface area contributed by atoms with Crippen LogP contribution in [0.2, 0.25) is 0 Å². The zero-order valence-corrected chi connectivity index (χ0v) is 9.40. The van der Waals surface area contributed by atoms with E-state index in [0.717, 1.165) is 6.54 Å². The van der Waals surface area contributed by atoms with E-state index in [1.165, 1.54) is 18.5 Å². The summed E-state index contributed by atoms with van der Waals surface area (Å²) >= 11 is 0. The normalized spacial score (nSPS) is 13.1. The van der Waals surface area contributed by atoms with Gasteiger partial charge in [-0.2, -0.15) is 0 Å². The number of hydrogen-bond acceptors (Lipinski definition) is 2. The average Bonchev–Trinajstić information content (AvgIpc) is 2.26. The molecule has 1 heterocycles. The van der Waals surface area contributed by atoms with Gasteiger partial charge in [-0.3, -0.25) is 9.88 Å². The zero-order valence-electron chi connectivity index (χ0n) is 9.40. The Kier molecular flexibility index (Phi) is 4.60. The third-order valence-corrected chi connectivity index (χ3v) is 2.62. The van der Waals surface area contributed by atoms with Gasteiger partial charge in [0.2, 0.25) is 0 Å². The van der Waals surface area contributed by atoms with E-state index in [1.54, 1.807) is 0 Å². The lowest BCUT2D eigenvalue weighted by Crippen LogP contribution is -2.24. The van der Waals surface area contributed by atoms with Crippen LogP contribution < -0.4 is 0 Å². The highest BCUT2D eigenvalue weighted by Gasteiger charge is 2.15. The lowest BCUT2D eigenvalue weighted by molar-refractivity contribution is 0.238. The van der Waals surface area contributed by atoms with Crippen LogP contribution in [0.5, 0.6) is 0 Å². The van der Waals surface area contributed by atoms with Gasteiger partial charge in [0.05, 0.1) is 11.7 Å². The maximum atomic E-state index is 4.43. The monoisotopic (exact) mass is 192 g/mol. The van der Waals surface area contributed by atoms with E-state index in [-0.39, 0.29) is 0 Å². The SMILES string of the molecule is CCCC(c1ccccn1)N(C)CC. The van der Waals surface area contributed by atoms with Crippen molar-refractivity contribution in [1.29, 1.82) is 0 Å². The van der Waals surface area contributed by atoms with Crippen LogP contribution in [0.4, 0.5) is 0 Å². The Bertz CT molecular complexity index is 246. The van der Waals surface area contributed by atoms with Crippen LogP contribution in [0, 0.1) is 0 Å². The molecule has 14 heavy (non-hydrogen) atoms. The maximum absolute atomic E-state index is 4.43. The third kappa shape index (κ3) is 2.81. The van der Waals surface area contributed by atoms with Gasteiger partial charge < -0.3 is 0 Å². The number of aromatic nitrogens is 1. The lowest BCUT2D eigenvalue weighted by atomic mass is 10.1. The molecule has 2 nitrogen and oxygen atoms in total. The summed E-state index contributed by atoms with van der Waals surface area (Å²) in [6.45, 7) is 5.48. The standard InChI is InChI=1S/C12H20N2/c1-4-8-12(14(3)5-2)11-9-6-7-10-13-11/h6-7,9-10,12H,4-5,8H2,1-3H3. The number of hydrogen-bond donors (Lipinski definition) is 0. The highest BCUT2D eigenvalue weighted by Crippen LogP contribution is 2.21. The van der Waals surface area contributed by atoms with Crippen molar-refractivity contribution in [1.82, 2.24) is 9.88 Å². The van der Waals surface area contributed by atoms with Crippen molar-refractivity contribution in [2.45, 2.75) is 32.7 Å². The Morgan fingerprint density at radius 3 is 2.64 bits per heavy atom. The largest absolute Gasteiger partial charge is 0.298 e. The predicted octanol–water partition coefficient (Wildman–Crippen LogP) is 2.87. The second kappa shape index (κ2) is 5.76. The van der Waals surface area contributed by atoms with Crippen LogP contribution in [0.15, 0.2) is 24.4 Å². The van der Waals surface area contributed by atoms with Gasteiger partial charge in [0, 0.05) is 6.20 Å². The van der Waals surface area contributed by atoms with Gasteiger partial charge in [-0.05, 0) is 32.1 Å². The van der Waals surface area contributed by atoms with Crippen LogP contribution in [0.3, 0.4) is 0 Å². The minimum absolute atomic E-state index is 0.478. The minimum Gasteiger partial charge on any atom is -0.298 e. The van der Waals surface area contributed by atoms with Crippen molar-refractivity contribution in [2.75, 3.05) is 13.6 Å². The van der Waals surface area contributed by atoms with Crippen molar-refractivity contribution in [2.24, 2.45) is 0 Å². The summed E-state index contributed by atoms with van der Waals surface area (Å²) in [5.41, 5.74) is 1.19. The van der Waals surface area contributed by atoms with Gasteiger partial charge in [0.1, 0.15) is 0 Å². The fraction of sp³-hybridized carbons (Fsp3) is 0.583. The van der Waals surface area contributed by atoms with Gasteiger partial charge in [-0.25, -0.2) is 0 Å². The lowest BCUT2D eigenvalue weighted by Gasteiger charge is -2.25. The summed E-state index contributed by atoms with van der Waals surface area (Å²) < 4.78 is 0. The first-order valence-corrected chi connectivity index (χ1v) is 5.40. The molecule has 0 aromatic carbocycles. The number of pyridine rings is 1. The molecule has 0 radical (unpaired) electrons. The van der Waals surface area contributed by atoms with E-state index in [1.807, 2.05) is 12.3 Å². The van der Waals surface area contributed by atoms with E-state index in [2.05, 4.69) is 42.9 Å². The van der Waals surface area contributed by atoms with Gasteiger partial charge >= 0.3 is 0 Å². The Morgan fingerprint density at radius 2 is 2.14 bits per heavy atom. The van der Waals surface area contributed by atoms with Crippen molar-refractivity contribution in [3.8, 4) is 0 Å². The fourth-order valence-corrected chi connectivity index (χ4v) is 1.66. The van der Waals surface area contributed by atoms with Gasteiger partial charge in [0.15, 0.2) is 0 Å². The number of rotatable bonds is 5. The first-order valence-electron chi connectivity index (χ1n) is 5.40. The van der Waals surface area contributed by atoms with E-state index in [4.69, 9.17) is 0 Å². The molecule has 0 bridgehead atoms. The van der Waals surface area contributed by atoms with Crippen molar-refractivity contribution in [3.63, 3.8) is 0 Å². The topological polar surface area (TPSA) is 16.1 Å². The summed E-state index contributed by atoms with van der Waals surface area (Å²) in [5.74, 6) is 0. The molecule has 1 unspecified atom stereocenters. The zero-order chi connectivity index (χ0) is 10.4. The highest BCUT2D eigenvalue weighted by molar-refractivity contribution is 5.08. The number of nitrogens with zero attached hydrogens (tertiary/aromatic N) is 2. The smallest absolute Gasteiger partial charge is 0.0575 e. The first kappa shape index (κ1) is 11.2. The van der Waals surface area contributed by atoms with Gasteiger partial charge in [0.25, 0.3) is 0 Å². The first-order chi connectivity index (χ1) is 6.79. The Morgan fingerprint density at radius 1 is 1.36 bits per heavy atom. The van der Waals surface area contributed by atoms with E-state index >= 15 is 0 Å². The molecule has 1 atom stereocenters. The van der Waals surface area contributed by atoms with Crippen LogP contribution in [-0.4, -0.2) is 23.5 Å². The summed E-state index contributed by atoms with van der Waals surface area (Å²) in [6.07, 6.45) is 4.26. The van der Waals surface area contributed by atoms with Gasteiger partial charge in [-0.1, -0.05) is 26.3 Å². The molecule has 1 aromatic rings. The molecule has 0 fully saturated rings. The highest BCUT2D eigenvalue weighted by atomic mass is 15.1. The Balaban J connectivity index is 2.77. The van der Waals surface area contributed by atoms with E-state index < -0.39 is 0 Å². The van der Waals surface area contributed by atoms with Crippen LogP contribution in [0.1, 0.15) is 38.4 Å². The quantitative estimate of drug-likeness (QED) is 0.713. The Labute approximate surface area is 87.0 Å². The van der Waals surface area contributed by atoms with Gasteiger partial charge in [-0.15, -0.1) is 0 Å². The second-order valence-electron chi connectivity index (χ2n) is 3.63. The van der Waals surface area contributed by atoms with E-state index in [0.29, 0.717) is 6.04 Å². The average molecular weight is 192 g/mol. The fourth-order valence-electron chi connectivity index (χ4n) is 1.66. The van der Waals surface area contributed by atoms with Crippen LogP contribution in [-0.2, 0) is 0 Å². The molecular formula is C12H20N2. The molecule has 1 rings (SSSR count). The van der Waals surface area contributed by atoms with Crippen molar-refractivity contribution < 1.29 is 0 Å². The van der Waals surface area contributed by atoms with Crippen molar-refractivity contribution in [3.05, 3.63) is 30.1 Å². The molecule has 0 aliphatic rings. The molecule has 0 saturated carbocycles. The van der Waals surface area contributed by atoms with Crippen molar-refractivity contribution >= 4 is 0 Å². The molecule has 0 aliphatic carbocycles. The molecule has 0 N–H and O–H groups in total. The summed E-state index contributed by atoms with van der Waals surface area (Å²) in [7, 11) is 2.16. The summed E-state index contributed by atoms with van der Waals surface area (Å²) in [4.78, 5) is 6.78. The summed E-state index contributed by atoms with van der Waals surface area (Å²) in [6, 6.07) is 6.63. The molecule has 78 valence electrons. The molecule has 0 spiro atoms. The molecule has 0 saturated heterocycles. The molecule has 2 heteroatoms. The summed E-state index contributed by atoms with van der Waals surface area (Å²) in [5, 5.41) is 0. The Hall–Kier alpha value is -0.890. The van der Waals surface area contributed by atoms with E-state index in [9.17, 15) is 0 Å². The van der Waals surface area contributed by atoms with Crippen LogP contribution >= 0.6 is 0 Å². The second-order valence-corrected chi connectivity index (χ2v) is 3.63. The predicted molar refractivity (Wildman–Crippen MR) is 60.2 cm³/mol. The molecule has 0 amide bonds. The maximum Gasteiger partial charge on any atom is 0.0575 e. The molecule has 0 aliphatic heterocycles. The minimum atomic E-state index is 0.478.